The number of nitrogens with zero attached hydrogens (tertiary/aromatic N) is 1. The number of amides is 1. The van der Waals surface area contributed by atoms with E-state index in [-0.39, 0.29) is 29.0 Å². The summed E-state index contributed by atoms with van der Waals surface area (Å²) in [5, 5.41) is 8.39. The van der Waals surface area contributed by atoms with Crippen molar-refractivity contribution in [2.45, 2.75) is 17.7 Å². The number of ketones is 1. The fourth-order valence-electron chi connectivity index (χ4n) is 3.33. The summed E-state index contributed by atoms with van der Waals surface area (Å²) in [5.41, 5.74) is 1.16. The molecule has 1 saturated heterocycles. The first-order chi connectivity index (χ1) is 13.7. The summed E-state index contributed by atoms with van der Waals surface area (Å²) in [7, 11) is -3.76. The molecule has 1 fully saturated rings. The maximum absolute atomic E-state index is 12.6. The van der Waals surface area contributed by atoms with E-state index in [0.29, 0.717) is 42.2 Å². The molecule has 0 spiro atoms. The van der Waals surface area contributed by atoms with Crippen molar-refractivity contribution < 1.29 is 18.0 Å². The average Bonchev–Trinajstić information content (AvgIpc) is 2.68. The molecular weight excluding hydrogens is 414 g/mol. The molecule has 0 aromatic heterocycles. The lowest BCUT2D eigenvalue weighted by Crippen LogP contribution is -2.40. The number of Topliss-reactive ketones (excluding diaryl/α,β-unsaturated/α-hetero) is 1. The van der Waals surface area contributed by atoms with Gasteiger partial charge >= 0.3 is 0 Å². The van der Waals surface area contributed by atoms with E-state index in [2.05, 4.69) is 5.32 Å². The van der Waals surface area contributed by atoms with Crippen molar-refractivity contribution in [2.24, 2.45) is 11.1 Å². The third-order valence-corrected chi connectivity index (χ3v) is 6.10. The molecule has 7 nitrogen and oxygen atoms in total. The number of hydrogen-bond donors (Lipinski definition) is 2. The Hall–Kier alpha value is -2.26. The number of anilines is 1. The maximum atomic E-state index is 12.6. The molecule has 2 aromatic carbocycles. The van der Waals surface area contributed by atoms with Crippen molar-refractivity contribution in [1.82, 2.24) is 4.90 Å². The predicted molar refractivity (Wildman–Crippen MR) is 111 cm³/mol. The van der Waals surface area contributed by atoms with Crippen LogP contribution in [0, 0.1) is 5.92 Å². The number of hydrogen-bond acceptors (Lipinski definition) is 5. The molecule has 3 N–H and O–H groups in total. The number of nitrogens with two attached hydrogens (primary N) is 1. The van der Waals surface area contributed by atoms with Crippen LogP contribution in [-0.2, 0) is 14.8 Å². The van der Waals surface area contributed by atoms with Gasteiger partial charge in [-0.25, -0.2) is 13.6 Å². The number of carbonyl (C=O) groups is 2. The summed E-state index contributed by atoms with van der Waals surface area (Å²) in [4.78, 5) is 26.8. The quantitative estimate of drug-likeness (QED) is 0.677. The zero-order chi connectivity index (χ0) is 21.0. The van der Waals surface area contributed by atoms with E-state index in [1.54, 1.807) is 24.3 Å². The molecule has 0 atom stereocenters. The van der Waals surface area contributed by atoms with Crippen molar-refractivity contribution >= 4 is 39.0 Å². The van der Waals surface area contributed by atoms with E-state index in [1.165, 1.54) is 24.3 Å². The van der Waals surface area contributed by atoms with Crippen molar-refractivity contribution in [2.75, 3.05) is 25.0 Å². The van der Waals surface area contributed by atoms with Gasteiger partial charge in [0.15, 0.2) is 5.78 Å². The first kappa shape index (κ1) is 21.4. The van der Waals surface area contributed by atoms with Crippen molar-refractivity contribution in [3.05, 3.63) is 59.1 Å². The van der Waals surface area contributed by atoms with Crippen LogP contribution >= 0.6 is 11.6 Å². The van der Waals surface area contributed by atoms with Crippen LogP contribution in [0.3, 0.4) is 0 Å². The zero-order valence-electron chi connectivity index (χ0n) is 15.7. The second-order valence-corrected chi connectivity index (χ2v) is 9.04. The minimum absolute atomic E-state index is 0.0112. The number of primary sulfonamides is 1. The van der Waals surface area contributed by atoms with Crippen LogP contribution in [0.4, 0.5) is 5.69 Å². The van der Waals surface area contributed by atoms with Gasteiger partial charge in [0, 0.05) is 22.2 Å². The van der Waals surface area contributed by atoms with Crippen LogP contribution in [0.5, 0.6) is 0 Å². The molecule has 0 aliphatic carbocycles. The second kappa shape index (κ2) is 9.04. The summed E-state index contributed by atoms with van der Waals surface area (Å²) in [6.07, 6.45) is 1.38. The average molecular weight is 436 g/mol. The van der Waals surface area contributed by atoms with E-state index in [1.807, 2.05) is 4.90 Å². The predicted octanol–water partition coefficient (Wildman–Crippen LogP) is 2.52. The fraction of sp³-hybridized carbons (Fsp3) is 0.300. The van der Waals surface area contributed by atoms with Gasteiger partial charge in [0.1, 0.15) is 0 Å². The van der Waals surface area contributed by atoms with Crippen LogP contribution < -0.4 is 10.5 Å². The van der Waals surface area contributed by atoms with Crippen molar-refractivity contribution in [3.8, 4) is 0 Å². The van der Waals surface area contributed by atoms with Crippen LogP contribution in [0.15, 0.2) is 53.4 Å². The number of likely N-dealkylation sites (tertiary alicyclic amines) is 1. The Kier molecular flexibility index (Phi) is 6.69. The molecule has 0 bridgehead atoms. The largest absolute Gasteiger partial charge is 0.325 e. The molecular formula is C20H22ClN3O4S. The van der Waals surface area contributed by atoms with Gasteiger partial charge < -0.3 is 5.32 Å². The van der Waals surface area contributed by atoms with Crippen molar-refractivity contribution in [3.63, 3.8) is 0 Å². The normalized spacial score (nSPS) is 15.8. The molecule has 1 aliphatic rings. The van der Waals surface area contributed by atoms with Gasteiger partial charge in [-0.1, -0.05) is 11.6 Å². The van der Waals surface area contributed by atoms with Gasteiger partial charge in [0.05, 0.1) is 11.4 Å². The SMILES string of the molecule is NS(=O)(=O)c1ccc(NC(=O)CN2CCC(C(=O)c3ccc(Cl)cc3)CC2)cc1. The number of halogens is 1. The molecule has 1 aliphatic heterocycles. The third kappa shape index (κ3) is 5.86. The van der Waals surface area contributed by atoms with Gasteiger partial charge in [-0.3, -0.25) is 14.5 Å². The van der Waals surface area contributed by atoms with Crippen molar-refractivity contribution in [1.29, 1.82) is 0 Å². The molecule has 1 heterocycles. The summed E-state index contributed by atoms with van der Waals surface area (Å²) in [6.45, 7) is 1.52. The summed E-state index contributed by atoms with van der Waals surface area (Å²) >= 11 is 5.87. The highest BCUT2D eigenvalue weighted by Crippen LogP contribution is 2.23. The third-order valence-electron chi connectivity index (χ3n) is 4.92. The Morgan fingerprint density at radius 3 is 2.17 bits per heavy atom. The minimum Gasteiger partial charge on any atom is -0.325 e. The van der Waals surface area contributed by atoms with E-state index in [4.69, 9.17) is 16.7 Å². The Labute approximate surface area is 174 Å². The first-order valence-corrected chi connectivity index (χ1v) is 11.1. The lowest BCUT2D eigenvalue weighted by atomic mass is 9.89. The molecule has 154 valence electrons. The Morgan fingerprint density at radius 1 is 1.03 bits per heavy atom. The van der Waals surface area contributed by atoms with Crippen LogP contribution in [0.25, 0.3) is 0 Å². The van der Waals surface area contributed by atoms with Crippen LogP contribution in [0.1, 0.15) is 23.2 Å². The lowest BCUT2D eigenvalue weighted by Gasteiger charge is -2.30. The number of nitrogens with one attached hydrogen (secondary N) is 1. The molecule has 0 unspecified atom stereocenters. The highest BCUT2D eigenvalue weighted by atomic mass is 35.5. The smallest absolute Gasteiger partial charge is 0.238 e. The standard InChI is InChI=1S/C20H22ClN3O4S/c21-16-3-1-14(2-4-16)20(26)15-9-11-24(12-10-15)13-19(25)23-17-5-7-18(8-6-17)29(22,27)28/h1-8,15H,9-13H2,(H,23,25)(H2,22,27,28). The topological polar surface area (TPSA) is 110 Å². The Morgan fingerprint density at radius 2 is 1.62 bits per heavy atom. The first-order valence-electron chi connectivity index (χ1n) is 9.17. The highest BCUT2D eigenvalue weighted by molar-refractivity contribution is 7.89. The molecule has 1 amide bonds. The highest BCUT2D eigenvalue weighted by Gasteiger charge is 2.26. The van der Waals surface area contributed by atoms with E-state index < -0.39 is 10.0 Å². The van der Waals surface area contributed by atoms with Gasteiger partial charge in [-0.15, -0.1) is 0 Å². The summed E-state index contributed by atoms with van der Waals surface area (Å²) in [5.74, 6) is -0.141. The Bertz CT molecular complexity index is 983. The number of sulfonamides is 1. The number of rotatable bonds is 6. The molecule has 0 radical (unpaired) electrons. The Balaban J connectivity index is 1.48. The minimum atomic E-state index is -3.76. The van der Waals surface area contributed by atoms with Gasteiger partial charge in [0.25, 0.3) is 0 Å². The van der Waals surface area contributed by atoms with E-state index in [0.717, 1.165) is 0 Å². The van der Waals surface area contributed by atoms with Crippen LogP contribution in [-0.4, -0.2) is 44.6 Å². The van der Waals surface area contributed by atoms with E-state index >= 15 is 0 Å². The number of benzene rings is 2. The molecule has 0 saturated carbocycles. The molecule has 2 aromatic rings. The van der Waals surface area contributed by atoms with Crippen LogP contribution in [0.2, 0.25) is 5.02 Å². The maximum Gasteiger partial charge on any atom is 0.238 e. The van der Waals surface area contributed by atoms with Gasteiger partial charge in [-0.05, 0) is 74.5 Å². The number of piperidine rings is 1. The monoisotopic (exact) mass is 435 g/mol. The van der Waals surface area contributed by atoms with Gasteiger partial charge in [-0.2, -0.15) is 0 Å². The summed E-state index contributed by atoms with van der Waals surface area (Å²) in [6, 6.07) is 12.6. The van der Waals surface area contributed by atoms with Gasteiger partial charge in [0.2, 0.25) is 15.9 Å². The second-order valence-electron chi connectivity index (χ2n) is 7.04. The molecule has 29 heavy (non-hydrogen) atoms. The molecule has 3 rings (SSSR count). The van der Waals surface area contributed by atoms with E-state index in [9.17, 15) is 18.0 Å². The zero-order valence-corrected chi connectivity index (χ0v) is 17.2. The summed E-state index contributed by atoms with van der Waals surface area (Å²) < 4.78 is 22.5. The lowest BCUT2D eigenvalue weighted by molar-refractivity contribution is -0.117. The number of carbonyl (C=O) groups excluding carboxylic acids is 2. The fourth-order valence-corrected chi connectivity index (χ4v) is 3.98. The molecule has 9 heteroatoms.